The van der Waals surface area contributed by atoms with Gasteiger partial charge in [0.2, 0.25) is 0 Å². The monoisotopic (exact) mass is 672 g/mol. The van der Waals surface area contributed by atoms with E-state index in [0.717, 1.165) is 49.4 Å². The fourth-order valence-electron chi connectivity index (χ4n) is 8.42. The number of benzene rings is 9. The predicted octanol–water partition coefficient (Wildman–Crippen LogP) is 7.68. The number of hydrogen-bond donors (Lipinski definition) is 0. The first kappa shape index (κ1) is 32.5. The lowest BCUT2D eigenvalue weighted by atomic mass is 9.59. The molecule has 0 amide bonds. The van der Waals surface area contributed by atoms with E-state index in [0.29, 0.717) is 16.7 Å². The second-order valence-corrected chi connectivity index (χ2v) is 13.9. The molecule has 0 N–H and O–H groups in total. The third kappa shape index (κ3) is 4.79. The molecule has 54 heavy (non-hydrogen) atoms. The second kappa shape index (κ2) is 12.5. The van der Waals surface area contributed by atoms with Crippen LogP contribution >= 0.6 is 0 Å². The van der Waals surface area contributed by atoms with Gasteiger partial charge < -0.3 is 4.42 Å². The fourth-order valence-corrected chi connectivity index (χ4v) is 8.42. The molecule has 238 valence electrons. The second-order valence-electron chi connectivity index (χ2n) is 13.9. The minimum atomic E-state index is 0.175. The summed E-state index contributed by atoms with van der Waals surface area (Å²) in [5.74, 6) is 0. The molecular weight excluding hydrogens is 647 g/mol. The summed E-state index contributed by atoms with van der Waals surface area (Å²) in [4.78, 5) is 0. The van der Waals surface area contributed by atoms with Gasteiger partial charge in [0, 0.05) is 16.3 Å². The highest BCUT2D eigenvalue weighted by atomic mass is 16.3. The Morgan fingerprint density at radius 1 is 0.333 bits per heavy atom. The summed E-state index contributed by atoms with van der Waals surface area (Å²) in [6.07, 6.45) is 0. The van der Waals surface area contributed by atoms with Gasteiger partial charge in [-0.05, 0) is 83.4 Å². The lowest BCUT2D eigenvalue weighted by molar-refractivity contribution is 0.670. The lowest BCUT2D eigenvalue weighted by Crippen LogP contribution is -2.55. The highest BCUT2D eigenvalue weighted by molar-refractivity contribution is 6.68. The SMILES string of the molecule is [B]c1c([B])c([B])c(-c2cccc3c2oc2cccc(-c4c5ccccc5c(-c5ccccc5)c5cc(-c6cccc7ccccc67)ccc45)c23)c([B])c1[B]. The van der Waals surface area contributed by atoms with Crippen molar-refractivity contribution in [3.8, 4) is 44.5 Å². The van der Waals surface area contributed by atoms with Gasteiger partial charge in [-0.1, -0.05) is 150 Å². The molecule has 0 atom stereocenters. The van der Waals surface area contributed by atoms with E-state index in [9.17, 15) is 0 Å². The van der Waals surface area contributed by atoms with Crippen LogP contribution in [0.4, 0.5) is 0 Å². The van der Waals surface area contributed by atoms with Crippen molar-refractivity contribution in [3.63, 3.8) is 0 Å². The molecule has 1 aromatic heterocycles. The van der Waals surface area contributed by atoms with Crippen LogP contribution in [0.15, 0.2) is 156 Å². The van der Waals surface area contributed by atoms with Crippen molar-refractivity contribution in [2.45, 2.75) is 0 Å². The van der Waals surface area contributed by atoms with E-state index in [1.54, 1.807) is 0 Å². The minimum absolute atomic E-state index is 0.175. The van der Waals surface area contributed by atoms with Gasteiger partial charge in [0.25, 0.3) is 0 Å². The molecule has 0 aliphatic carbocycles. The molecule has 10 aromatic rings. The molecule has 0 saturated heterocycles. The van der Waals surface area contributed by atoms with Gasteiger partial charge in [0.1, 0.15) is 50.4 Å². The molecule has 0 unspecified atom stereocenters. The van der Waals surface area contributed by atoms with Gasteiger partial charge in [-0.25, -0.2) is 0 Å². The molecule has 1 nitrogen and oxygen atoms in total. The molecule has 10 rings (SSSR count). The molecule has 0 aliphatic heterocycles. The molecule has 10 radical (unpaired) electrons. The first-order valence-corrected chi connectivity index (χ1v) is 17.9. The van der Waals surface area contributed by atoms with Crippen LogP contribution < -0.4 is 27.3 Å². The zero-order valence-electron chi connectivity index (χ0n) is 29.2. The molecule has 0 spiro atoms. The van der Waals surface area contributed by atoms with Gasteiger partial charge in [-0.2, -0.15) is 0 Å². The minimum Gasteiger partial charge on any atom is -0.455 e. The molecule has 0 aliphatic rings. The Kier molecular flexibility index (Phi) is 7.53. The largest absolute Gasteiger partial charge is 0.455 e. The van der Waals surface area contributed by atoms with Crippen molar-refractivity contribution >= 4 is 121 Å². The van der Waals surface area contributed by atoms with E-state index in [1.165, 1.54) is 32.7 Å². The van der Waals surface area contributed by atoms with E-state index in [-0.39, 0.29) is 27.3 Å². The molecule has 1 heterocycles. The summed E-state index contributed by atoms with van der Waals surface area (Å²) in [5, 5.41) is 8.96. The Labute approximate surface area is 320 Å². The van der Waals surface area contributed by atoms with Crippen molar-refractivity contribution < 1.29 is 4.42 Å². The number of fused-ring (bicyclic) bond motifs is 6. The summed E-state index contributed by atoms with van der Waals surface area (Å²) < 4.78 is 6.73. The van der Waals surface area contributed by atoms with Gasteiger partial charge in [-0.3, -0.25) is 0 Å². The van der Waals surface area contributed by atoms with E-state index in [4.69, 9.17) is 43.6 Å². The van der Waals surface area contributed by atoms with Crippen LogP contribution in [-0.2, 0) is 0 Å². The van der Waals surface area contributed by atoms with Crippen LogP contribution in [-0.4, -0.2) is 39.2 Å². The Morgan fingerprint density at radius 3 is 1.67 bits per heavy atom. The van der Waals surface area contributed by atoms with E-state index < -0.39 is 0 Å². The average molecular weight is 672 g/mol. The highest BCUT2D eigenvalue weighted by Gasteiger charge is 2.23. The maximum Gasteiger partial charge on any atom is 0.143 e. The van der Waals surface area contributed by atoms with Gasteiger partial charge in [-0.15, -0.1) is 16.4 Å². The summed E-state index contributed by atoms with van der Waals surface area (Å²) in [6.45, 7) is 0. The summed E-state index contributed by atoms with van der Waals surface area (Å²) in [7, 11) is 32.0. The third-order valence-corrected chi connectivity index (χ3v) is 10.9. The highest BCUT2D eigenvalue weighted by Crippen LogP contribution is 2.48. The first-order valence-electron chi connectivity index (χ1n) is 17.9. The van der Waals surface area contributed by atoms with Crippen molar-refractivity contribution in [1.82, 2.24) is 0 Å². The predicted molar refractivity (Wildman–Crippen MR) is 235 cm³/mol. The van der Waals surface area contributed by atoms with E-state index in [2.05, 4.69) is 133 Å². The Hall–Kier alpha value is -6.12. The smallest absolute Gasteiger partial charge is 0.143 e. The van der Waals surface area contributed by atoms with Gasteiger partial charge >= 0.3 is 0 Å². The molecule has 9 aromatic carbocycles. The normalized spacial score (nSPS) is 11.7. The van der Waals surface area contributed by atoms with E-state index in [1.807, 2.05) is 18.2 Å². The zero-order valence-corrected chi connectivity index (χ0v) is 29.2. The van der Waals surface area contributed by atoms with Gasteiger partial charge in [0.05, 0.1) is 0 Å². The lowest BCUT2D eigenvalue weighted by Gasteiger charge is -2.21. The quantitative estimate of drug-likeness (QED) is 0.138. The number of para-hydroxylation sites is 1. The summed E-state index contributed by atoms with van der Waals surface area (Å²) in [5.41, 5.74) is 10.6. The van der Waals surface area contributed by atoms with Gasteiger partial charge in [0.15, 0.2) is 0 Å². The zero-order chi connectivity index (χ0) is 36.7. The number of rotatable bonds is 4. The standard InChI is InChI=1S/C48H25B5O/c49-43-42(44(50)46(52)47(53)45(43)51)36-21-9-20-35-41-34(19-10-22-38(41)54-48(35)36)40-32-17-7-6-16-31(32)39(27-12-2-1-3-13-27)37-25-28(23-24-33(37)40)30-18-8-14-26-11-4-5-15-29(26)30/h1-25H. The van der Waals surface area contributed by atoms with Crippen LogP contribution in [0, 0.1) is 0 Å². The molecule has 0 saturated carbocycles. The van der Waals surface area contributed by atoms with Crippen LogP contribution in [0.3, 0.4) is 0 Å². The summed E-state index contributed by atoms with van der Waals surface area (Å²) >= 11 is 0. The number of furan rings is 1. The maximum atomic E-state index is 6.73. The van der Waals surface area contributed by atoms with E-state index >= 15 is 0 Å². The molecule has 6 heteroatoms. The summed E-state index contributed by atoms with van der Waals surface area (Å²) in [6, 6.07) is 53.6. The van der Waals surface area contributed by atoms with Crippen molar-refractivity contribution in [1.29, 1.82) is 0 Å². The third-order valence-electron chi connectivity index (χ3n) is 10.9. The van der Waals surface area contributed by atoms with Crippen molar-refractivity contribution in [2.75, 3.05) is 0 Å². The van der Waals surface area contributed by atoms with Crippen LogP contribution in [0.25, 0.3) is 98.8 Å². The Bertz CT molecular complexity index is 3130. The molecular formula is C48H25B5O. The van der Waals surface area contributed by atoms with Crippen LogP contribution in [0.5, 0.6) is 0 Å². The molecule has 0 bridgehead atoms. The van der Waals surface area contributed by atoms with Crippen molar-refractivity contribution in [2.24, 2.45) is 0 Å². The molecule has 0 fully saturated rings. The van der Waals surface area contributed by atoms with Crippen LogP contribution in [0.1, 0.15) is 0 Å². The fraction of sp³-hybridized carbons (Fsp3) is 0. The van der Waals surface area contributed by atoms with Crippen molar-refractivity contribution in [3.05, 3.63) is 152 Å². The maximum absolute atomic E-state index is 6.73. The Balaban J connectivity index is 1.32. The topological polar surface area (TPSA) is 13.1 Å². The average Bonchev–Trinajstić information content (AvgIpc) is 3.61. The first-order chi connectivity index (χ1) is 26.4. The Morgan fingerprint density at radius 2 is 0.889 bits per heavy atom. The van der Waals surface area contributed by atoms with Crippen LogP contribution in [0.2, 0.25) is 0 Å². The number of hydrogen-bond acceptors (Lipinski definition) is 1.